The van der Waals surface area contributed by atoms with Gasteiger partial charge in [-0.15, -0.1) is 0 Å². The van der Waals surface area contributed by atoms with E-state index in [-0.39, 0.29) is 17.1 Å². The van der Waals surface area contributed by atoms with Crippen molar-refractivity contribution in [3.8, 4) is 23.0 Å². The molecule has 0 aliphatic heterocycles. The molecule has 2 aromatic rings. The van der Waals surface area contributed by atoms with Gasteiger partial charge >= 0.3 is 0 Å². The zero-order chi connectivity index (χ0) is 17.7. The first-order valence-corrected chi connectivity index (χ1v) is 7.80. The molecular weight excluding hydrogens is 376 g/mol. The Kier molecular flexibility index (Phi) is 5.87. The molecule has 2 aromatic carbocycles. The summed E-state index contributed by atoms with van der Waals surface area (Å²) in [5.74, 6) is 1.08. The van der Waals surface area contributed by atoms with E-state index in [0.717, 1.165) is 0 Å². The molecule has 0 saturated carbocycles. The molecule has 1 N–H and O–H groups in total. The van der Waals surface area contributed by atoms with Gasteiger partial charge in [-0.05, 0) is 42.0 Å². The molecule has 0 aliphatic rings. The summed E-state index contributed by atoms with van der Waals surface area (Å²) < 4.78 is 16.5. The first-order valence-electron chi connectivity index (χ1n) is 7.01. The van der Waals surface area contributed by atoms with E-state index in [4.69, 9.17) is 14.2 Å². The molecule has 0 spiro atoms. The summed E-state index contributed by atoms with van der Waals surface area (Å²) in [6, 6.07) is 8.15. The van der Waals surface area contributed by atoms with Crippen LogP contribution < -0.4 is 14.2 Å². The molecule has 5 nitrogen and oxygen atoms in total. The fourth-order valence-corrected chi connectivity index (χ4v) is 2.53. The van der Waals surface area contributed by atoms with Crippen molar-refractivity contribution < 1.29 is 24.1 Å². The molecule has 24 heavy (non-hydrogen) atoms. The van der Waals surface area contributed by atoms with Crippen molar-refractivity contribution in [3.63, 3.8) is 0 Å². The van der Waals surface area contributed by atoms with Crippen LogP contribution in [0.25, 0.3) is 6.08 Å². The largest absolute Gasteiger partial charge is 0.507 e. The minimum atomic E-state index is -0.317. The van der Waals surface area contributed by atoms with Crippen molar-refractivity contribution in [3.05, 3.63) is 52.0 Å². The average molecular weight is 393 g/mol. The highest BCUT2D eigenvalue weighted by Crippen LogP contribution is 2.38. The Morgan fingerprint density at radius 1 is 1.04 bits per heavy atom. The van der Waals surface area contributed by atoms with Gasteiger partial charge in [-0.3, -0.25) is 4.79 Å². The van der Waals surface area contributed by atoms with Crippen molar-refractivity contribution in [1.82, 2.24) is 0 Å². The number of halogens is 1. The summed E-state index contributed by atoms with van der Waals surface area (Å²) in [4.78, 5) is 12.3. The molecule has 0 aliphatic carbocycles. The summed E-state index contributed by atoms with van der Waals surface area (Å²) in [6.45, 7) is 0. The van der Waals surface area contributed by atoms with Gasteiger partial charge in [0.05, 0.1) is 26.9 Å². The van der Waals surface area contributed by atoms with Gasteiger partial charge in [-0.2, -0.15) is 0 Å². The molecule has 0 aromatic heterocycles. The molecular formula is C18H17BrO5. The number of ketones is 1. The lowest BCUT2D eigenvalue weighted by molar-refractivity contribution is 0.104. The number of carbonyl (C=O) groups is 1. The lowest BCUT2D eigenvalue weighted by Gasteiger charge is -2.12. The molecule has 2 rings (SSSR count). The van der Waals surface area contributed by atoms with E-state index in [1.165, 1.54) is 33.5 Å². The number of phenolic OH excluding ortho intramolecular Hbond substituents is 1. The maximum absolute atomic E-state index is 12.3. The molecule has 6 heteroatoms. The summed E-state index contributed by atoms with van der Waals surface area (Å²) >= 11 is 3.28. The standard InChI is InChI=1S/C18H17BrO5/c1-22-16-8-11(9-17(23-2)18(16)24-3)4-6-14(20)13-10-12(19)5-7-15(13)21/h4-10,21H,1-3H3/b6-4+. The summed E-state index contributed by atoms with van der Waals surface area (Å²) in [7, 11) is 4.57. The second-order valence-electron chi connectivity index (χ2n) is 4.82. The van der Waals surface area contributed by atoms with Crippen LogP contribution in [0.2, 0.25) is 0 Å². The van der Waals surface area contributed by atoms with Crippen LogP contribution in [0.1, 0.15) is 15.9 Å². The van der Waals surface area contributed by atoms with E-state index in [1.54, 1.807) is 30.3 Å². The second kappa shape index (κ2) is 7.88. The smallest absolute Gasteiger partial charge is 0.203 e. The SMILES string of the molecule is COc1cc(/C=C/C(=O)c2cc(Br)ccc2O)cc(OC)c1OC. The van der Waals surface area contributed by atoms with E-state index in [9.17, 15) is 9.90 Å². The Morgan fingerprint density at radius 3 is 2.21 bits per heavy atom. The number of ether oxygens (including phenoxy) is 3. The summed E-state index contributed by atoms with van der Waals surface area (Å²) in [6.07, 6.45) is 3.00. The van der Waals surface area contributed by atoms with E-state index >= 15 is 0 Å². The third-order valence-corrected chi connectivity index (χ3v) is 3.83. The molecule has 126 valence electrons. The van der Waals surface area contributed by atoms with Crippen molar-refractivity contribution in [2.24, 2.45) is 0 Å². The second-order valence-corrected chi connectivity index (χ2v) is 5.73. The molecule has 0 amide bonds. The van der Waals surface area contributed by atoms with Gasteiger partial charge in [0, 0.05) is 4.47 Å². The Labute approximate surface area is 148 Å². The van der Waals surface area contributed by atoms with Gasteiger partial charge in [0.1, 0.15) is 5.75 Å². The Balaban J connectivity index is 2.34. The van der Waals surface area contributed by atoms with Crippen molar-refractivity contribution in [1.29, 1.82) is 0 Å². The minimum absolute atomic E-state index is 0.0715. The number of rotatable bonds is 6. The zero-order valence-corrected chi connectivity index (χ0v) is 15.1. The number of aromatic hydroxyl groups is 1. The molecule has 0 radical (unpaired) electrons. The van der Waals surface area contributed by atoms with Crippen LogP contribution in [0.3, 0.4) is 0 Å². The monoisotopic (exact) mass is 392 g/mol. The Morgan fingerprint density at radius 2 is 1.67 bits per heavy atom. The van der Waals surface area contributed by atoms with E-state index < -0.39 is 0 Å². The van der Waals surface area contributed by atoms with E-state index in [1.807, 2.05) is 0 Å². The van der Waals surface area contributed by atoms with E-state index in [2.05, 4.69) is 15.9 Å². The number of hydrogen-bond donors (Lipinski definition) is 1. The quantitative estimate of drug-likeness (QED) is 0.592. The van der Waals surface area contributed by atoms with Crippen LogP contribution in [0.4, 0.5) is 0 Å². The zero-order valence-electron chi connectivity index (χ0n) is 13.5. The first kappa shape index (κ1) is 17.9. The molecule has 0 saturated heterocycles. The average Bonchev–Trinajstić information content (AvgIpc) is 2.60. The number of benzene rings is 2. The lowest BCUT2D eigenvalue weighted by Crippen LogP contribution is -1.97. The number of phenols is 1. The molecule has 0 atom stereocenters. The van der Waals surface area contributed by atoms with Gasteiger partial charge in [-0.25, -0.2) is 0 Å². The molecule has 0 unspecified atom stereocenters. The topological polar surface area (TPSA) is 65.0 Å². The number of allylic oxidation sites excluding steroid dienone is 1. The molecule has 0 heterocycles. The van der Waals surface area contributed by atoms with Gasteiger partial charge in [0.15, 0.2) is 17.3 Å². The van der Waals surface area contributed by atoms with Crippen LogP contribution in [0, 0.1) is 0 Å². The minimum Gasteiger partial charge on any atom is -0.507 e. The van der Waals surface area contributed by atoms with Gasteiger partial charge in [-0.1, -0.05) is 22.0 Å². The third kappa shape index (κ3) is 3.89. The number of hydrogen-bond acceptors (Lipinski definition) is 5. The van der Waals surface area contributed by atoms with E-state index in [0.29, 0.717) is 27.3 Å². The lowest BCUT2D eigenvalue weighted by atomic mass is 10.1. The highest BCUT2D eigenvalue weighted by atomic mass is 79.9. The number of methoxy groups -OCH3 is 3. The van der Waals surface area contributed by atoms with Crippen LogP contribution in [0.15, 0.2) is 40.9 Å². The number of carbonyl (C=O) groups excluding carboxylic acids is 1. The maximum Gasteiger partial charge on any atom is 0.203 e. The van der Waals surface area contributed by atoms with Gasteiger partial charge < -0.3 is 19.3 Å². The van der Waals surface area contributed by atoms with Crippen molar-refractivity contribution in [2.75, 3.05) is 21.3 Å². The van der Waals surface area contributed by atoms with Crippen LogP contribution in [-0.4, -0.2) is 32.2 Å². The summed E-state index contributed by atoms with van der Waals surface area (Å²) in [5.41, 5.74) is 0.917. The predicted molar refractivity (Wildman–Crippen MR) is 95.3 cm³/mol. The maximum atomic E-state index is 12.3. The predicted octanol–water partition coefficient (Wildman–Crippen LogP) is 4.08. The highest BCUT2D eigenvalue weighted by Gasteiger charge is 2.13. The van der Waals surface area contributed by atoms with Crippen LogP contribution in [-0.2, 0) is 0 Å². The normalized spacial score (nSPS) is 10.7. The Bertz CT molecular complexity index is 758. The van der Waals surface area contributed by atoms with Crippen molar-refractivity contribution in [2.45, 2.75) is 0 Å². The Hall–Kier alpha value is -2.47. The molecule has 0 fully saturated rings. The summed E-state index contributed by atoms with van der Waals surface area (Å²) in [5, 5.41) is 9.80. The molecule has 0 bridgehead atoms. The first-order chi connectivity index (χ1) is 11.5. The fraction of sp³-hybridized carbons (Fsp3) is 0.167. The van der Waals surface area contributed by atoms with Crippen LogP contribution >= 0.6 is 15.9 Å². The van der Waals surface area contributed by atoms with Crippen LogP contribution in [0.5, 0.6) is 23.0 Å². The fourth-order valence-electron chi connectivity index (χ4n) is 2.16. The van der Waals surface area contributed by atoms with Crippen molar-refractivity contribution >= 4 is 27.8 Å². The van der Waals surface area contributed by atoms with Gasteiger partial charge in [0.2, 0.25) is 5.75 Å². The highest BCUT2D eigenvalue weighted by molar-refractivity contribution is 9.10. The van der Waals surface area contributed by atoms with Gasteiger partial charge in [0.25, 0.3) is 0 Å². The third-order valence-electron chi connectivity index (χ3n) is 3.34.